The molecule has 0 spiro atoms. The molecule has 2 saturated carbocycles. The maximum atomic E-state index is 3.93. The summed E-state index contributed by atoms with van der Waals surface area (Å²) < 4.78 is 0. The Balaban J connectivity index is 2.14. The summed E-state index contributed by atoms with van der Waals surface area (Å²) in [4.78, 5) is 0. The molecular formula is C7H10. The van der Waals surface area contributed by atoms with Gasteiger partial charge in [0.25, 0.3) is 0 Å². The Hall–Kier alpha value is -0.260. The number of allylic oxidation sites excluding steroid dienone is 1. The van der Waals surface area contributed by atoms with Crippen molar-refractivity contribution in [3.05, 3.63) is 12.2 Å². The molecule has 2 atom stereocenters. The fraction of sp³-hybridized carbons (Fsp3) is 0.714. The second kappa shape index (κ2) is 0.936. The van der Waals surface area contributed by atoms with Crippen LogP contribution in [0.5, 0.6) is 0 Å². The Kier molecular flexibility index (Phi) is 0.495. The van der Waals surface area contributed by atoms with Crippen LogP contribution in [-0.4, -0.2) is 0 Å². The molecule has 0 aromatic carbocycles. The van der Waals surface area contributed by atoms with Crippen molar-refractivity contribution in [3.63, 3.8) is 0 Å². The molecule has 0 radical (unpaired) electrons. The fourth-order valence-electron chi connectivity index (χ4n) is 1.64. The molecule has 2 aliphatic rings. The molecule has 0 heterocycles. The third-order valence-corrected chi connectivity index (χ3v) is 2.17. The molecule has 0 aliphatic heterocycles. The Labute approximate surface area is 44.2 Å². The summed E-state index contributed by atoms with van der Waals surface area (Å²) in [7, 11) is 0. The SMILES string of the molecule is C=C1CC2CC2C1. The van der Waals surface area contributed by atoms with Crippen molar-refractivity contribution < 1.29 is 0 Å². The molecule has 0 heteroatoms. The molecule has 0 nitrogen and oxygen atoms in total. The minimum Gasteiger partial charge on any atom is -0.0998 e. The predicted octanol–water partition coefficient (Wildman–Crippen LogP) is 1.97. The van der Waals surface area contributed by atoms with Crippen LogP contribution in [0.3, 0.4) is 0 Å². The molecule has 7 heavy (non-hydrogen) atoms. The van der Waals surface area contributed by atoms with Gasteiger partial charge in [0.05, 0.1) is 0 Å². The highest BCUT2D eigenvalue weighted by Crippen LogP contribution is 2.53. The molecule has 0 bridgehead atoms. The van der Waals surface area contributed by atoms with Crippen LogP contribution in [0.15, 0.2) is 12.2 Å². The van der Waals surface area contributed by atoms with Gasteiger partial charge in [-0.25, -0.2) is 0 Å². The van der Waals surface area contributed by atoms with Gasteiger partial charge in [-0.2, -0.15) is 0 Å². The molecule has 2 fully saturated rings. The first-order valence-corrected chi connectivity index (χ1v) is 3.03. The van der Waals surface area contributed by atoms with Crippen molar-refractivity contribution in [1.29, 1.82) is 0 Å². The Morgan fingerprint density at radius 1 is 1.29 bits per heavy atom. The van der Waals surface area contributed by atoms with Crippen LogP contribution in [0, 0.1) is 11.8 Å². The normalized spacial score (nSPS) is 46.6. The first-order valence-electron chi connectivity index (χ1n) is 3.03. The minimum absolute atomic E-state index is 1.09. The molecule has 0 saturated heterocycles. The van der Waals surface area contributed by atoms with Gasteiger partial charge < -0.3 is 0 Å². The van der Waals surface area contributed by atoms with Crippen LogP contribution in [0.25, 0.3) is 0 Å². The van der Waals surface area contributed by atoms with Gasteiger partial charge >= 0.3 is 0 Å². The molecule has 0 aromatic rings. The number of fused-ring (bicyclic) bond motifs is 1. The van der Waals surface area contributed by atoms with E-state index in [0.717, 1.165) is 11.8 Å². The van der Waals surface area contributed by atoms with Crippen LogP contribution < -0.4 is 0 Å². The lowest BCUT2D eigenvalue weighted by Crippen LogP contribution is -1.71. The van der Waals surface area contributed by atoms with Gasteiger partial charge in [0.15, 0.2) is 0 Å². The van der Waals surface area contributed by atoms with Crippen LogP contribution in [0.1, 0.15) is 19.3 Å². The summed E-state index contributed by atoms with van der Waals surface area (Å²) >= 11 is 0. The number of rotatable bonds is 0. The van der Waals surface area contributed by atoms with Gasteiger partial charge in [-0.3, -0.25) is 0 Å². The molecule has 0 amide bonds. The number of hydrogen-bond donors (Lipinski definition) is 0. The minimum atomic E-state index is 1.09. The molecule has 2 aliphatic carbocycles. The third kappa shape index (κ3) is 0.425. The average molecular weight is 94.2 g/mol. The van der Waals surface area contributed by atoms with Gasteiger partial charge in [0.1, 0.15) is 0 Å². The predicted molar refractivity (Wildman–Crippen MR) is 30.0 cm³/mol. The smallest absolute Gasteiger partial charge is 0.0292 e. The summed E-state index contributed by atoms with van der Waals surface area (Å²) in [6, 6.07) is 0. The van der Waals surface area contributed by atoms with Crippen molar-refractivity contribution in [3.8, 4) is 0 Å². The van der Waals surface area contributed by atoms with Crippen LogP contribution in [0.2, 0.25) is 0 Å². The van der Waals surface area contributed by atoms with E-state index in [1.54, 1.807) is 0 Å². The van der Waals surface area contributed by atoms with Crippen LogP contribution in [-0.2, 0) is 0 Å². The summed E-state index contributed by atoms with van der Waals surface area (Å²) in [6.07, 6.45) is 4.22. The summed E-state index contributed by atoms with van der Waals surface area (Å²) in [5.41, 5.74) is 1.50. The first-order chi connectivity index (χ1) is 3.36. The third-order valence-electron chi connectivity index (χ3n) is 2.17. The van der Waals surface area contributed by atoms with E-state index >= 15 is 0 Å². The van der Waals surface area contributed by atoms with E-state index in [-0.39, 0.29) is 0 Å². The van der Waals surface area contributed by atoms with Crippen LogP contribution in [0.4, 0.5) is 0 Å². The van der Waals surface area contributed by atoms with E-state index in [2.05, 4.69) is 6.58 Å². The van der Waals surface area contributed by atoms with Gasteiger partial charge in [-0.05, 0) is 31.1 Å². The highest BCUT2D eigenvalue weighted by molar-refractivity contribution is 5.13. The summed E-state index contributed by atoms with van der Waals surface area (Å²) in [6.45, 7) is 3.93. The lowest BCUT2D eigenvalue weighted by molar-refractivity contribution is 0.834. The maximum Gasteiger partial charge on any atom is -0.0292 e. The largest absolute Gasteiger partial charge is 0.0998 e. The van der Waals surface area contributed by atoms with Gasteiger partial charge in [0.2, 0.25) is 0 Å². The van der Waals surface area contributed by atoms with E-state index in [4.69, 9.17) is 0 Å². The zero-order valence-electron chi connectivity index (χ0n) is 4.48. The standard InChI is InChI=1S/C7H10/c1-5-2-6-4-7(6)3-5/h6-7H,1-4H2. The van der Waals surface area contributed by atoms with E-state index < -0.39 is 0 Å². The zero-order chi connectivity index (χ0) is 4.85. The summed E-state index contributed by atoms with van der Waals surface area (Å²) in [5.74, 6) is 2.18. The van der Waals surface area contributed by atoms with E-state index in [1.807, 2.05) is 0 Å². The van der Waals surface area contributed by atoms with Crippen molar-refractivity contribution in [2.75, 3.05) is 0 Å². The highest BCUT2D eigenvalue weighted by atomic mass is 14.5. The molecular weight excluding hydrogens is 84.1 g/mol. The van der Waals surface area contributed by atoms with E-state index in [9.17, 15) is 0 Å². The second-order valence-corrected chi connectivity index (χ2v) is 2.91. The Morgan fingerprint density at radius 2 is 1.86 bits per heavy atom. The first kappa shape index (κ1) is 3.71. The Bertz CT molecular complexity index is 101. The average Bonchev–Trinajstić information content (AvgIpc) is 2.15. The van der Waals surface area contributed by atoms with Crippen molar-refractivity contribution >= 4 is 0 Å². The van der Waals surface area contributed by atoms with E-state index in [0.29, 0.717) is 0 Å². The van der Waals surface area contributed by atoms with E-state index in [1.165, 1.54) is 24.8 Å². The lowest BCUT2D eigenvalue weighted by Gasteiger charge is -1.89. The van der Waals surface area contributed by atoms with Crippen molar-refractivity contribution in [2.24, 2.45) is 11.8 Å². The number of hydrogen-bond acceptors (Lipinski definition) is 0. The highest BCUT2D eigenvalue weighted by Gasteiger charge is 2.42. The lowest BCUT2D eigenvalue weighted by atomic mass is 10.2. The van der Waals surface area contributed by atoms with Crippen molar-refractivity contribution in [2.45, 2.75) is 19.3 Å². The Morgan fingerprint density at radius 3 is 2.14 bits per heavy atom. The quantitative estimate of drug-likeness (QED) is 0.402. The van der Waals surface area contributed by atoms with Gasteiger partial charge in [0, 0.05) is 0 Å². The summed E-state index contributed by atoms with van der Waals surface area (Å²) in [5, 5.41) is 0. The molecule has 0 aromatic heterocycles. The van der Waals surface area contributed by atoms with Gasteiger partial charge in [-0.15, -0.1) is 0 Å². The fourth-order valence-corrected chi connectivity index (χ4v) is 1.64. The topological polar surface area (TPSA) is 0 Å². The van der Waals surface area contributed by atoms with Gasteiger partial charge in [-0.1, -0.05) is 12.2 Å². The van der Waals surface area contributed by atoms with Crippen LogP contribution >= 0.6 is 0 Å². The molecule has 38 valence electrons. The zero-order valence-corrected chi connectivity index (χ0v) is 4.48. The van der Waals surface area contributed by atoms with Crippen molar-refractivity contribution in [1.82, 2.24) is 0 Å². The monoisotopic (exact) mass is 94.1 g/mol. The molecule has 2 unspecified atom stereocenters. The second-order valence-electron chi connectivity index (χ2n) is 2.91. The molecule has 0 N–H and O–H groups in total. The molecule has 2 rings (SSSR count). The maximum absolute atomic E-state index is 3.93.